The highest BCUT2D eigenvalue weighted by Crippen LogP contribution is 2.14. The molecular formula is C15H17NO. The number of phenols is 1. The SMILES string of the molecule is CCc1cccc(NCc2ccc(O)cc2)c1. The summed E-state index contributed by atoms with van der Waals surface area (Å²) in [6, 6.07) is 15.7. The molecule has 0 heterocycles. The van der Waals surface area contributed by atoms with Crippen LogP contribution in [0.3, 0.4) is 0 Å². The highest BCUT2D eigenvalue weighted by molar-refractivity contribution is 5.46. The summed E-state index contributed by atoms with van der Waals surface area (Å²) in [5.41, 5.74) is 3.63. The van der Waals surface area contributed by atoms with Crippen molar-refractivity contribution in [3.8, 4) is 5.75 Å². The molecule has 0 saturated carbocycles. The minimum Gasteiger partial charge on any atom is -0.508 e. The van der Waals surface area contributed by atoms with Crippen molar-refractivity contribution in [2.24, 2.45) is 0 Å². The van der Waals surface area contributed by atoms with E-state index in [0.717, 1.165) is 24.2 Å². The molecular weight excluding hydrogens is 210 g/mol. The van der Waals surface area contributed by atoms with Gasteiger partial charge in [-0.05, 0) is 41.8 Å². The van der Waals surface area contributed by atoms with Crippen LogP contribution in [0.4, 0.5) is 5.69 Å². The highest BCUT2D eigenvalue weighted by atomic mass is 16.3. The van der Waals surface area contributed by atoms with Gasteiger partial charge in [-0.1, -0.05) is 31.2 Å². The van der Waals surface area contributed by atoms with Crippen molar-refractivity contribution in [3.63, 3.8) is 0 Å². The van der Waals surface area contributed by atoms with Crippen LogP contribution in [0.2, 0.25) is 0 Å². The van der Waals surface area contributed by atoms with Crippen LogP contribution in [0.5, 0.6) is 5.75 Å². The Hall–Kier alpha value is -1.96. The van der Waals surface area contributed by atoms with Gasteiger partial charge in [-0.15, -0.1) is 0 Å². The Morgan fingerprint density at radius 1 is 1.00 bits per heavy atom. The van der Waals surface area contributed by atoms with E-state index in [4.69, 9.17) is 0 Å². The van der Waals surface area contributed by atoms with Gasteiger partial charge >= 0.3 is 0 Å². The van der Waals surface area contributed by atoms with Gasteiger partial charge in [0.15, 0.2) is 0 Å². The van der Waals surface area contributed by atoms with Gasteiger partial charge in [-0.3, -0.25) is 0 Å². The van der Waals surface area contributed by atoms with Crippen molar-refractivity contribution in [3.05, 3.63) is 59.7 Å². The van der Waals surface area contributed by atoms with Crippen molar-refractivity contribution < 1.29 is 5.11 Å². The fraction of sp³-hybridized carbons (Fsp3) is 0.200. The maximum atomic E-state index is 9.19. The molecule has 0 fully saturated rings. The summed E-state index contributed by atoms with van der Waals surface area (Å²) >= 11 is 0. The molecule has 2 aromatic rings. The molecule has 0 atom stereocenters. The lowest BCUT2D eigenvalue weighted by Crippen LogP contribution is -1.99. The maximum absolute atomic E-state index is 9.19. The summed E-state index contributed by atoms with van der Waals surface area (Å²) < 4.78 is 0. The van der Waals surface area contributed by atoms with Gasteiger partial charge in [0.25, 0.3) is 0 Å². The summed E-state index contributed by atoms with van der Waals surface area (Å²) in [6.45, 7) is 2.92. The van der Waals surface area contributed by atoms with Crippen molar-refractivity contribution in [1.29, 1.82) is 0 Å². The molecule has 17 heavy (non-hydrogen) atoms. The predicted octanol–water partition coefficient (Wildman–Crippen LogP) is 3.57. The van der Waals surface area contributed by atoms with Gasteiger partial charge in [-0.25, -0.2) is 0 Å². The summed E-state index contributed by atoms with van der Waals surface area (Å²) in [5.74, 6) is 0.307. The van der Waals surface area contributed by atoms with Crippen LogP contribution in [0.25, 0.3) is 0 Å². The minimum atomic E-state index is 0.307. The molecule has 0 radical (unpaired) electrons. The van der Waals surface area contributed by atoms with E-state index < -0.39 is 0 Å². The standard InChI is InChI=1S/C15H17NO/c1-2-12-4-3-5-14(10-12)16-11-13-6-8-15(17)9-7-13/h3-10,16-17H,2,11H2,1H3. The smallest absolute Gasteiger partial charge is 0.115 e. The van der Waals surface area contributed by atoms with Gasteiger partial charge in [0, 0.05) is 12.2 Å². The number of hydrogen-bond donors (Lipinski definition) is 2. The van der Waals surface area contributed by atoms with Gasteiger partial charge in [0.1, 0.15) is 5.75 Å². The monoisotopic (exact) mass is 227 g/mol. The zero-order valence-electron chi connectivity index (χ0n) is 9.98. The minimum absolute atomic E-state index is 0.307. The molecule has 0 unspecified atom stereocenters. The Kier molecular flexibility index (Phi) is 3.66. The van der Waals surface area contributed by atoms with Gasteiger partial charge < -0.3 is 10.4 Å². The van der Waals surface area contributed by atoms with Gasteiger partial charge in [0.2, 0.25) is 0 Å². The van der Waals surface area contributed by atoms with Gasteiger partial charge in [0.05, 0.1) is 0 Å². The molecule has 0 spiro atoms. The van der Waals surface area contributed by atoms with Crippen LogP contribution >= 0.6 is 0 Å². The first-order valence-corrected chi connectivity index (χ1v) is 5.88. The molecule has 2 rings (SSSR count). The van der Waals surface area contributed by atoms with Crippen LogP contribution in [-0.4, -0.2) is 5.11 Å². The number of anilines is 1. The molecule has 0 aliphatic carbocycles. The number of hydrogen-bond acceptors (Lipinski definition) is 2. The van der Waals surface area contributed by atoms with Crippen molar-refractivity contribution in [1.82, 2.24) is 0 Å². The van der Waals surface area contributed by atoms with Crippen LogP contribution in [0, 0.1) is 0 Å². The molecule has 2 aromatic carbocycles. The number of benzene rings is 2. The molecule has 2 nitrogen and oxygen atoms in total. The molecule has 88 valence electrons. The Morgan fingerprint density at radius 3 is 2.47 bits per heavy atom. The van der Waals surface area contributed by atoms with E-state index >= 15 is 0 Å². The van der Waals surface area contributed by atoms with Crippen LogP contribution in [-0.2, 0) is 13.0 Å². The summed E-state index contributed by atoms with van der Waals surface area (Å²) in [7, 11) is 0. The van der Waals surface area contributed by atoms with Crippen LogP contribution < -0.4 is 5.32 Å². The molecule has 0 aromatic heterocycles. The quantitative estimate of drug-likeness (QED) is 0.837. The lowest BCUT2D eigenvalue weighted by molar-refractivity contribution is 0.475. The Labute approximate surface area is 102 Å². The third-order valence-corrected chi connectivity index (χ3v) is 2.77. The van der Waals surface area contributed by atoms with E-state index in [9.17, 15) is 5.11 Å². The van der Waals surface area contributed by atoms with E-state index in [2.05, 4.69) is 36.5 Å². The first-order valence-electron chi connectivity index (χ1n) is 5.88. The summed E-state index contributed by atoms with van der Waals surface area (Å²) in [5, 5.41) is 12.6. The lowest BCUT2D eigenvalue weighted by Gasteiger charge is -2.08. The molecule has 0 aliphatic rings. The third kappa shape index (κ3) is 3.25. The van der Waals surface area contributed by atoms with E-state index in [1.807, 2.05) is 12.1 Å². The van der Waals surface area contributed by atoms with Crippen LogP contribution in [0.15, 0.2) is 48.5 Å². The first kappa shape index (κ1) is 11.5. The summed E-state index contributed by atoms with van der Waals surface area (Å²) in [6.07, 6.45) is 1.05. The predicted molar refractivity (Wildman–Crippen MR) is 71.3 cm³/mol. The number of aromatic hydroxyl groups is 1. The van der Waals surface area contributed by atoms with Crippen molar-refractivity contribution >= 4 is 5.69 Å². The Balaban J connectivity index is 1.99. The highest BCUT2D eigenvalue weighted by Gasteiger charge is 1.96. The van der Waals surface area contributed by atoms with E-state index in [1.165, 1.54) is 5.56 Å². The molecule has 0 saturated heterocycles. The second kappa shape index (κ2) is 5.39. The second-order valence-electron chi connectivity index (χ2n) is 4.07. The van der Waals surface area contributed by atoms with Crippen LogP contribution in [0.1, 0.15) is 18.1 Å². The molecule has 0 bridgehead atoms. The maximum Gasteiger partial charge on any atom is 0.115 e. The molecule has 2 heteroatoms. The topological polar surface area (TPSA) is 32.3 Å². The average Bonchev–Trinajstić information content (AvgIpc) is 2.38. The van der Waals surface area contributed by atoms with Gasteiger partial charge in [-0.2, -0.15) is 0 Å². The van der Waals surface area contributed by atoms with E-state index in [0.29, 0.717) is 5.75 Å². The number of nitrogens with one attached hydrogen (secondary N) is 1. The Morgan fingerprint density at radius 2 is 1.76 bits per heavy atom. The molecule has 2 N–H and O–H groups in total. The number of aryl methyl sites for hydroxylation is 1. The largest absolute Gasteiger partial charge is 0.508 e. The van der Waals surface area contributed by atoms with E-state index in [-0.39, 0.29) is 0 Å². The number of phenolic OH excluding ortho intramolecular Hbond substituents is 1. The normalized spacial score (nSPS) is 10.2. The second-order valence-corrected chi connectivity index (χ2v) is 4.07. The molecule has 0 amide bonds. The fourth-order valence-electron chi connectivity index (χ4n) is 1.72. The summed E-state index contributed by atoms with van der Waals surface area (Å²) in [4.78, 5) is 0. The number of rotatable bonds is 4. The lowest BCUT2D eigenvalue weighted by atomic mass is 10.1. The molecule has 0 aliphatic heterocycles. The van der Waals surface area contributed by atoms with E-state index in [1.54, 1.807) is 12.1 Å². The zero-order chi connectivity index (χ0) is 12.1. The third-order valence-electron chi connectivity index (χ3n) is 2.77. The first-order chi connectivity index (χ1) is 8.28. The zero-order valence-corrected chi connectivity index (χ0v) is 9.98. The van der Waals surface area contributed by atoms with Crippen molar-refractivity contribution in [2.75, 3.05) is 5.32 Å². The Bertz CT molecular complexity index is 477. The van der Waals surface area contributed by atoms with Crippen molar-refractivity contribution in [2.45, 2.75) is 19.9 Å². The average molecular weight is 227 g/mol. The fourth-order valence-corrected chi connectivity index (χ4v) is 1.72.